The molecule has 1 amide bonds. The smallest absolute Gasteiger partial charge is 0.238 e. The summed E-state index contributed by atoms with van der Waals surface area (Å²) < 4.78 is 35.4. The molecule has 0 spiro atoms. The number of primary sulfonamides is 1. The van der Waals surface area contributed by atoms with Crippen LogP contribution in [0.3, 0.4) is 0 Å². The van der Waals surface area contributed by atoms with Crippen LogP contribution in [0.2, 0.25) is 0 Å². The Morgan fingerprint density at radius 1 is 1.12 bits per heavy atom. The van der Waals surface area contributed by atoms with E-state index in [1.165, 1.54) is 24.3 Å². The van der Waals surface area contributed by atoms with E-state index in [1.807, 2.05) is 6.92 Å². The number of halogens is 1. The number of hydrogen-bond donors (Lipinski definition) is 2. The van der Waals surface area contributed by atoms with Gasteiger partial charge in [-0.3, -0.25) is 4.79 Å². The molecule has 0 saturated heterocycles. The summed E-state index contributed by atoms with van der Waals surface area (Å²) in [5, 5.41) is 7.92. The van der Waals surface area contributed by atoms with E-state index in [2.05, 4.69) is 5.32 Å². The van der Waals surface area contributed by atoms with E-state index in [1.54, 1.807) is 24.3 Å². The van der Waals surface area contributed by atoms with Crippen molar-refractivity contribution in [2.24, 2.45) is 5.14 Å². The average Bonchev–Trinajstić information content (AvgIpc) is 2.60. The molecule has 7 heteroatoms. The van der Waals surface area contributed by atoms with Crippen molar-refractivity contribution in [1.82, 2.24) is 5.32 Å². The first-order valence-electron chi connectivity index (χ1n) is 8.43. The van der Waals surface area contributed by atoms with Gasteiger partial charge in [0.2, 0.25) is 15.9 Å². The van der Waals surface area contributed by atoms with E-state index in [4.69, 9.17) is 5.14 Å². The maximum absolute atomic E-state index is 13.0. The maximum Gasteiger partial charge on any atom is 0.238 e. The zero-order chi connectivity index (χ0) is 19.2. The monoisotopic (exact) mass is 378 g/mol. The Hall–Kier alpha value is -2.25. The SMILES string of the molecule is CCC(CC(=O)NCCc1ccc(S(N)(=O)=O)cc1)c1ccc(F)cc1. The van der Waals surface area contributed by atoms with Crippen molar-refractivity contribution in [3.63, 3.8) is 0 Å². The van der Waals surface area contributed by atoms with Crippen LogP contribution < -0.4 is 10.5 Å². The minimum Gasteiger partial charge on any atom is -0.356 e. The molecule has 0 fully saturated rings. The highest BCUT2D eigenvalue weighted by atomic mass is 32.2. The summed E-state index contributed by atoms with van der Waals surface area (Å²) in [7, 11) is -3.69. The number of benzene rings is 2. The zero-order valence-corrected chi connectivity index (χ0v) is 15.4. The number of sulfonamides is 1. The molecule has 0 aliphatic carbocycles. The Labute approximate surface area is 153 Å². The molecule has 0 aromatic heterocycles. The van der Waals surface area contributed by atoms with E-state index in [0.717, 1.165) is 17.5 Å². The first-order chi connectivity index (χ1) is 12.3. The predicted octanol–water partition coefficient (Wildman–Crippen LogP) is 2.72. The van der Waals surface area contributed by atoms with Crippen LogP contribution >= 0.6 is 0 Å². The third-order valence-corrected chi connectivity index (χ3v) is 5.18. The summed E-state index contributed by atoms with van der Waals surface area (Å²) in [6.07, 6.45) is 1.71. The van der Waals surface area contributed by atoms with Crippen LogP contribution in [0.25, 0.3) is 0 Å². The Balaban J connectivity index is 1.83. The Kier molecular flexibility index (Phi) is 6.88. The van der Waals surface area contributed by atoms with Crippen LogP contribution in [0, 0.1) is 5.82 Å². The van der Waals surface area contributed by atoms with Gasteiger partial charge in [-0.05, 0) is 54.2 Å². The van der Waals surface area contributed by atoms with Gasteiger partial charge in [-0.2, -0.15) is 0 Å². The van der Waals surface area contributed by atoms with Crippen LogP contribution in [0.1, 0.15) is 36.8 Å². The molecule has 1 atom stereocenters. The molecule has 0 radical (unpaired) electrons. The molecule has 0 aliphatic rings. The van der Waals surface area contributed by atoms with Gasteiger partial charge in [0.25, 0.3) is 0 Å². The number of hydrogen-bond acceptors (Lipinski definition) is 3. The fourth-order valence-electron chi connectivity index (χ4n) is 2.72. The molecule has 140 valence electrons. The standard InChI is InChI=1S/C19H23FN2O3S/c1-2-15(16-5-7-17(20)8-6-16)13-19(23)22-12-11-14-3-9-18(10-4-14)26(21,24)25/h3-10,15H,2,11-13H2,1H3,(H,22,23)(H2,21,24,25). The lowest BCUT2D eigenvalue weighted by atomic mass is 9.93. The molecule has 0 saturated carbocycles. The topological polar surface area (TPSA) is 89.3 Å². The lowest BCUT2D eigenvalue weighted by Crippen LogP contribution is -2.27. The molecule has 0 aliphatic heterocycles. The molecule has 5 nitrogen and oxygen atoms in total. The quantitative estimate of drug-likeness (QED) is 0.740. The van der Waals surface area contributed by atoms with Gasteiger partial charge >= 0.3 is 0 Å². The first kappa shape index (κ1) is 20.1. The van der Waals surface area contributed by atoms with Crippen molar-refractivity contribution in [2.45, 2.75) is 37.0 Å². The second kappa shape index (κ2) is 8.91. The predicted molar refractivity (Wildman–Crippen MR) is 98.6 cm³/mol. The molecule has 0 heterocycles. The summed E-state index contributed by atoms with van der Waals surface area (Å²) in [5.41, 5.74) is 1.85. The van der Waals surface area contributed by atoms with E-state index >= 15 is 0 Å². The fourth-order valence-corrected chi connectivity index (χ4v) is 3.24. The first-order valence-corrected chi connectivity index (χ1v) is 9.98. The molecule has 2 aromatic rings. The molecule has 3 N–H and O–H groups in total. The van der Waals surface area contributed by atoms with Gasteiger partial charge < -0.3 is 5.32 Å². The summed E-state index contributed by atoms with van der Waals surface area (Å²) >= 11 is 0. The van der Waals surface area contributed by atoms with Crippen molar-refractivity contribution >= 4 is 15.9 Å². The number of amides is 1. The second-order valence-electron chi connectivity index (χ2n) is 6.15. The van der Waals surface area contributed by atoms with Crippen molar-refractivity contribution < 1.29 is 17.6 Å². The number of carbonyl (C=O) groups is 1. The molecule has 26 heavy (non-hydrogen) atoms. The fraction of sp³-hybridized carbons (Fsp3) is 0.316. The van der Waals surface area contributed by atoms with E-state index in [0.29, 0.717) is 19.4 Å². The molecular weight excluding hydrogens is 355 g/mol. The Morgan fingerprint density at radius 3 is 2.27 bits per heavy atom. The van der Waals surface area contributed by atoms with Crippen molar-refractivity contribution in [1.29, 1.82) is 0 Å². The maximum atomic E-state index is 13.0. The van der Waals surface area contributed by atoms with E-state index in [9.17, 15) is 17.6 Å². The van der Waals surface area contributed by atoms with Gasteiger partial charge in [0.15, 0.2) is 0 Å². The number of nitrogens with one attached hydrogen (secondary N) is 1. The summed E-state index contributed by atoms with van der Waals surface area (Å²) in [4.78, 5) is 12.2. The lowest BCUT2D eigenvalue weighted by molar-refractivity contribution is -0.121. The highest BCUT2D eigenvalue weighted by Crippen LogP contribution is 2.23. The summed E-state index contributed by atoms with van der Waals surface area (Å²) in [6, 6.07) is 12.5. The van der Waals surface area contributed by atoms with Crippen LogP contribution in [0.4, 0.5) is 4.39 Å². The molecule has 0 bridgehead atoms. The Bertz CT molecular complexity index is 834. The normalized spacial score (nSPS) is 12.6. The highest BCUT2D eigenvalue weighted by molar-refractivity contribution is 7.89. The van der Waals surface area contributed by atoms with Gasteiger partial charge in [-0.1, -0.05) is 31.2 Å². The lowest BCUT2D eigenvalue weighted by Gasteiger charge is -2.15. The van der Waals surface area contributed by atoms with Gasteiger partial charge in [0, 0.05) is 13.0 Å². The average molecular weight is 378 g/mol. The molecule has 2 rings (SSSR count). The zero-order valence-electron chi connectivity index (χ0n) is 14.6. The molecule has 2 aromatic carbocycles. The summed E-state index contributed by atoms with van der Waals surface area (Å²) in [6.45, 7) is 2.45. The minimum absolute atomic E-state index is 0.0460. The van der Waals surface area contributed by atoms with Crippen LogP contribution in [-0.2, 0) is 21.2 Å². The number of nitrogens with two attached hydrogens (primary N) is 1. The third-order valence-electron chi connectivity index (χ3n) is 4.25. The molecular formula is C19H23FN2O3S. The van der Waals surface area contributed by atoms with Crippen molar-refractivity contribution in [3.05, 3.63) is 65.5 Å². The Morgan fingerprint density at radius 2 is 1.73 bits per heavy atom. The van der Waals surface area contributed by atoms with Gasteiger partial charge in [0.1, 0.15) is 5.82 Å². The third kappa shape index (κ3) is 5.93. The van der Waals surface area contributed by atoms with Gasteiger partial charge in [-0.25, -0.2) is 17.9 Å². The number of rotatable bonds is 8. The largest absolute Gasteiger partial charge is 0.356 e. The van der Waals surface area contributed by atoms with Crippen molar-refractivity contribution in [2.75, 3.05) is 6.54 Å². The van der Waals surface area contributed by atoms with Crippen LogP contribution in [0.15, 0.2) is 53.4 Å². The van der Waals surface area contributed by atoms with Crippen molar-refractivity contribution in [3.8, 4) is 0 Å². The van der Waals surface area contributed by atoms with Gasteiger partial charge in [0.05, 0.1) is 4.90 Å². The second-order valence-corrected chi connectivity index (χ2v) is 7.71. The number of carbonyl (C=O) groups excluding carboxylic acids is 1. The van der Waals surface area contributed by atoms with E-state index in [-0.39, 0.29) is 22.5 Å². The van der Waals surface area contributed by atoms with E-state index < -0.39 is 10.0 Å². The highest BCUT2D eigenvalue weighted by Gasteiger charge is 2.14. The van der Waals surface area contributed by atoms with Gasteiger partial charge in [-0.15, -0.1) is 0 Å². The minimum atomic E-state index is -3.69. The van der Waals surface area contributed by atoms with Crippen LogP contribution in [0.5, 0.6) is 0 Å². The molecule has 1 unspecified atom stereocenters. The summed E-state index contributed by atoms with van der Waals surface area (Å²) in [5.74, 6) is -0.312. The van der Waals surface area contributed by atoms with Crippen LogP contribution in [-0.4, -0.2) is 20.9 Å².